The van der Waals surface area contributed by atoms with Gasteiger partial charge in [-0.25, -0.2) is 4.39 Å². The van der Waals surface area contributed by atoms with Crippen molar-refractivity contribution in [1.82, 2.24) is 0 Å². The lowest BCUT2D eigenvalue weighted by Crippen LogP contribution is -2.05. The first-order chi connectivity index (χ1) is 5.93. The first-order valence-corrected chi connectivity index (χ1v) is 4.06. The first-order valence-electron chi connectivity index (χ1n) is 3.18. The fourth-order valence-electron chi connectivity index (χ4n) is 0.794. The summed E-state index contributed by atoms with van der Waals surface area (Å²) in [5.41, 5.74) is -1.03. The van der Waals surface area contributed by atoms with E-state index in [0.717, 1.165) is 12.1 Å². The molecule has 0 radical (unpaired) electrons. The van der Waals surface area contributed by atoms with E-state index in [1.54, 1.807) is 0 Å². The molecular weight excluding hydrogens is 206 g/mol. The van der Waals surface area contributed by atoms with Crippen molar-refractivity contribution in [2.24, 2.45) is 5.14 Å². The number of hydrogen-bond acceptors (Lipinski definition) is 2. The maximum Gasteiger partial charge on any atom is 0.416 e. The lowest BCUT2D eigenvalue weighted by molar-refractivity contribution is -0.137. The Kier molecular flexibility index (Phi) is 2.82. The van der Waals surface area contributed by atoms with Gasteiger partial charge in [0, 0.05) is 4.90 Å². The van der Waals surface area contributed by atoms with Crippen molar-refractivity contribution in [3.8, 4) is 0 Å². The highest BCUT2D eigenvalue weighted by Crippen LogP contribution is 2.31. The summed E-state index contributed by atoms with van der Waals surface area (Å²) in [6.07, 6.45) is -4.54. The van der Waals surface area contributed by atoms with Crippen molar-refractivity contribution >= 4 is 11.9 Å². The Hall–Kier alpha value is -0.750. The third kappa shape index (κ3) is 2.60. The number of benzene rings is 1. The average Bonchev–Trinajstić information content (AvgIpc) is 2.01. The van der Waals surface area contributed by atoms with Gasteiger partial charge in [-0.1, -0.05) is 0 Å². The maximum absolute atomic E-state index is 12.6. The second kappa shape index (κ2) is 3.55. The highest BCUT2D eigenvalue weighted by molar-refractivity contribution is 7.97. The molecule has 0 unspecified atom stereocenters. The molecule has 6 heteroatoms. The third-order valence-corrected chi connectivity index (χ3v) is 1.84. The summed E-state index contributed by atoms with van der Waals surface area (Å²) in [4.78, 5) is 0.0484. The molecule has 1 nitrogen and oxygen atoms in total. The van der Waals surface area contributed by atoms with Gasteiger partial charge in [-0.15, -0.1) is 0 Å². The predicted octanol–water partition coefficient (Wildman–Crippen LogP) is 2.81. The Morgan fingerprint density at radius 2 is 1.77 bits per heavy atom. The van der Waals surface area contributed by atoms with E-state index in [-0.39, 0.29) is 4.90 Å². The summed E-state index contributed by atoms with van der Waals surface area (Å²) in [6, 6.07) is 2.17. The topological polar surface area (TPSA) is 26.0 Å². The summed E-state index contributed by atoms with van der Waals surface area (Å²) in [5.74, 6) is -0.942. The molecule has 72 valence electrons. The van der Waals surface area contributed by atoms with Gasteiger partial charge >= 0.3 is 6.18 Å². The van der Waals surface area contributed by atoms with Crippen molar-refractivity contribution < 1.29 is 17.6 Å². The number of nitrogens with two attached hydrogens (primary N) is 1. The van der Waals surface area contributed by atoms with Crippen LogP contribution < -0.4 is 5.14 Å². The Morgan fingerprint density at radius 3 is 2.23 bits per heavy atom. The number of rotatable bonds is 1. The van der Waals surface area contributed by atoms with Crippen molar-refractivity contribution in [1.29, 1.82) is 0 Å². The van der Waals surface area contributed by atoms with E-state index in [4.69, 9.17) is 5.14 Å². The van der Waals surface area contributed by atoms with Gasteiger partial charge in [0.05, 0.1) is 5.56 Å². The monoisotopic (exact) mass is 211 g/mol. The molecule has 0 aliphatic heterocycles. The minimum atomic E-state index is -4.54. The lowest BCUT2D eigenvalue weighted by Gasteiger charge is -2.07. The highest BCUT2D eigenvalue weighted by atomic mass is 32.2. The molecule has 0 saturated carbocycles. The molecule has 0 aliphatic rings. The van der Waals surface area contributed by atoms with Gasteiger partial charge in [-0.2, -0.15) is 13.2 Å². The number of halogens is 4. The van der Waals surface area contributed by atoms with E-state index in [2.05, 4.69) is 0 Å². The molecular formula is C7H5F4NS. The predicted molar refractivity (Wildman–Crippen MR) is 41.4 cm³/mol. The van der Waals surface area contributed by atoms with Crippen molar-refractivity contribution in [3.05, 3.63) is 29.6 Å². The van der Waals surface area contributed by atoms with Gasteiger partial charge in [0.2, 0.25) is 0 Å². The Labute approximate surface area is 76.1 Å². The molecule has 0 fully saturated rings. The van der Waals surface area contributed by atoms with Crippen LogP contribution in [0.1, 0.15) is 5.56 Å². The highest BCUT2D eigenvalue weighted by Gasteiger charge is 2.31. The van der Waals surface area contributed by atoms with Gasteiger partial charge in [0.15, 0.2) is 0 Å². The zero-order valence-corrected chi connectivity index (χ0v) is 7.05. The Bertz CT molecular complexity index is 310. The van der Waals surface area contributed by atoms with Gasteiger partial charge in [0.1, 0.15) is 5.82 Å². The second-order valence-electron chi connectivity index (χ2n) is 2.29. The average molecular weight is 211 g/mol. The fraction of sp³-hybridized carbons (Fsp3) is 0.143. The summed E-state index contributed by atoms with van der Waals surface area (Å²) in [7, 11) is 0. The maximum atomic E-state index is 12.6. The van der Waals surface area contributed by atoms with Crippen LogP contribution in [0.4, 0.5) is 17.6 Å². The van der Waals surface area contributed by atoms with Crippen LogP contribution in [0.3, 0.4) is 0 Å². The fourth-order valence-corrected chi connectivity index (χ4v) is 1.17. The molecule has 1 aromatic carbocycles. The van der Waals surface area contributed by atoms with Crippen LogP contribution >= 0.6 is 11.9 Å². The summed E-state index contributed by atoms with van der Waals surface area (Å²) >= 11 is 0.573. The van der Waals surface area contributed by atoms with E-state index < -0.39 is 17.6 Å². The van der Waals surface area contributed by atoms with Crippen LogP contribution in [0.25, 0.3) is 0 Å². The molecule has 1 aromatic rings. The van der Waals surface area contributed by atoms with Crippen LogP contribution in [0, 0.1) is 5.82 Å². The SMILES string of the molecule is NSc1cc(F)cc(C(F)(F)F)c1. The normalized spacial score (nSPS) is 11.8. The molecule has 0 bridgehead atoms. The van der Waals surface area contributed by atoms with Gasteiger partial charge in [-0.3, -0.25) is 5.14 Å². The zero-order chi connectivity index (χ0) is 10.1. The molecule has 0 aromatic heterocycles. The van der Waals surface area contributed by atoms with Crippen LogP contribution in [-0.2, 0) is 6.18 Å². The summed E-state index contributed by atoms with van der Waals surface area (Å²) in [5, 5.41) is 5.01. The lowest BCUT2D eigenvalue weighted by atomic mass is 10.2. The Balaban J connectivity index is 3.16. The molecule has 1 rings (SSSR count). The molecule has 0 saturated heterocycles. The summed E-state index contributed by atoms with van der Waals surface area (Å²) in [6.45, 7) is 0. The van der Waals surface area contributed by atoms with Gasteiger partial charge < -0.3 is 0 Å². The van der Waals surface area contributed by atoms with Crippen LogP contribution in [0.2, 0.25) is 0 Å². The van der Waals surface area contributed by atoms with Gasteiger partial charge in [0.25, 0.3) is 0 Å². The van der Waals surface area contributed by atoms with Crippen molar-refractivity contribution in [2.75, 3.05) is 0 Å². The molecule has 13 heavy (non-hydrogen) atoms. The van der Waals surface area contributed by atoms with E-state index in [1.165, 1.54) is 0 Å². The second-order valence-corrected chi connectivity index (χ2v) is 3.00. The van der Waals surface area contributed by atoms with E-state index in [0.29, 0.717) is 18.0 Å². The van der Waals surface area contributed by atoms with Crippen LogP contribution in [0.5, 0.6) is 0 Å². The Morgan fingerprint density at radius 1 is 1.15 bits per heavy atom. The number of hydrogen-bond donors (Lipinski definition) is 1. The van der Waals surface area contributed by atoms with Crippen LogP contribution in [0.15, 0.2) is 23.1 Å². The molecule has 0 amide bonds. The van der Waals surface area contributed by atoms with Gasteiger partial charge in [-0.05, 0) is 30.1 Å². The molecule has 0 heterocycles. The van der Waals surface area contributed by atoms with Crippen molar-refractivity contribution in [3.63, 3.8) is 0 Å². The van der Waals surface area contributed by atoms with E-state index in [9.17, 15) is 17.6 Å². The molecule has 2 N–H and O–H groups in total. The summed E-state index contributed by atoms with van der Waals surface area (Å²) < 4.78 is 48.8. The van der Waals surface area contributed by atoms with Crippen molar-refractivity contribution in [2.45, 2.75) is 11.1 Å². The minimum Gasteiger partial charge on any atom is -0.274 e. The zero-order valence-electron chi connectivity index (χ0n) is 6.23. The number of alkyl halides is 3. The minimum absolute atomic E-state index is 0.0484. The third-order valence-electron chi connectivity index (χ3n) is 1.33. The quantitative estimate of drug-likeness (QED) is 0.571. The standard InChI is InChI=1S/C7H5F4NS/c8-5-1-4(7(9,10)11)2-6(3-5)13-12/h1-3H,12H2. The van der Waals surface area contributed by atoms with E-state index in [1.807, 2.05) is 0 Å². The largest absolute Gasteiger partial charge is 0.416 e. The van der Waals surface area contributed by atoms with E-state index >= 15 is 0 Å². The molecule has 0 aliphatic carbocycles. The molecule has 0 spiro atoms. The van der Waals surface area contributed by atoms with Crippen LogP contribution in [-0.4, -0.2) is 0 Å². The first kappa shape index (κ1) is 10.3. The molecule has 0 atom stereocenters. The smallest absolute Gasteiger partial charge is 0.274 e.